The van der Waals surface area contributed by atoms with E-state index in [-0.39, 0.29) is 16.5 Å². The zero-order valence-electron chi connectivity index (χ0n) is 13.7. The first kappa shape index (κ1) is 18.3. The van der Waals surface area contributed by atoms with E-state index in [1.165, 1.54) is 18.2 Å². The molecule has 0 aromatic heterocycles. The van der Waals surface area contributed by atoms with E-state index in [1.807, 2.05) is 0 Å². The molecule has 2 aliphatic rings. The van der Waals surface area contributed by atoms with E-state index >= 15 is 0 Å². The molecule has 2 aliphatic heterocycles. The molecule has 3 nitrogen and oxygen atoms in total. The summed E-state index contributed by atoms with van der Waals surface area (Å²) in [6.45, 7) is 3.39. The summed E-state index contributed by atoms with van der Waals surface area (Å²) in [4.78, 5) is 14.2. The summed E-state index contributed by atoms with van der Waals surface area (Å²) in [5.41, 5.74) is -0.550. The van der Waals surface area contributed by atoms with Crippen LogP contribution in [-0.4, -0.2) is 37.0 Å². The van der Waals surface area contributed by atoms with Gasteiger partial charge in [-0.15, -0.1) is 0 Å². The summed E-state index contributed by atoms with van der Waals surface area (Å²) >= 11 is 5.76. The van der Waals surface area contributed by atoms with Gasteiger partial charge in [0.15, 0.2) is 0 Å². The van der Waals surface area contributed by atoms with Gasteiger partial charge in [-0.2, -0.15) is 13.2 Å². The number of nitrogens with one attached hydrogen (secondary N) is 1. The highest BCUT2D eigenvalue weighted by Crippen LogP contribution is 2.32. The Hall–Kier alpha value is -1.53. The highest BCUT2D eigenvalue weighted by molar-refractivity contribution is 6.30. The van der Waals surface area contributed by atoms with Gasteiger partial charge in [0.05, 0.1) is 5.56 Å². The van der Waals surface area contributed by atoms with Crippen molar-refractivity contribution in [2.24, 2.45) is 11.8 Å². The standard InChI is InChI=1S/C18H20ClF3N2O/c19-16-8-12(7-15(9-16)18(20,21)22)1-2-17(25)24-5-3-13-10-23-11-14(13)4-6-24/h1-2,7-9,13-14,23H,3-6,10-11H2/b2-1+/t13-,14+. The molecule has 2 heterocycles. The molecule has 1 N–H and O–H groups in total. The molecule has 0 aliphatic carbocycles. The lowest BCUT2D eigenvalue weighted by molar-refractivity contribution is -0.137. The second kappa shape index (κ2) is 7.38. The first-order valence-electron chi connectivity index (χ1n) is 8.38. The minimum Gasteiger partial charge on any atom is -0.339 e. The fourth-order valence-electron chi connectivity index (χ4n) is 3.58. The van der Waals surface area contributed by atoms with Gasteiger partial charge >= 0.3 is 6.18 Å². The Bertz CT molecular complexity index is 661. The summed E-state index contributed by atoms with van der Waals surface area (Å²) in [5.74, 6) is 1.06. The Kier molecular flexibility index (Phi) is 5.39. The van der Waals surface area contributed by atoms with Crippen LogP contribution in [0.3, 0.4) is 0 Å². The molecule has 1 aromatic rings. The molecule has 25 heavy (non-hydrogen) atoms. The number of hydrogen-bond acceptors (Lipinski definition) is 2. The lowest BCUT2D eigenvalue weighted by Crippen LogP contribution is -2.31. The van der Waals surface area contributed by atoms with E-state index in [2.05, 4.69) is 5.32 Å². The second-order valence-electron chi connectivity index (χ2n) is 6.69. The second-order valence-corrected chi connectivity index (χ2v) is 7.12. The quantitative estimate of drug-likeness (QED) is 0.800. The lowest BCUT2D eigenvalue weighted by atomic mass is 9.92. The number of halogens is 4. The number of carbonyl (C=O) groups is 1. The first-order chi connectivity index (χ1) is 11.8. The van der Waals surface area contributed by atoms with E-state index < -0.39 is 11.7 Å². The number of benzene rings is 1. The molecule has 0 spiro atoms. The average molecular weight is 373 g/mol. The minimum absolute atomic E-state index is 0.00276. The number of likely N-dealkylation sites (tertiary alicyclic amines) is 1. The van der Waals surface area contributed by atoms with Crippen LogP contribution in [-0.2, 0) is 11.0 Å². The maximum atomic E-state index is 12.8. The van der Waals surface area contributed by atoms with Crippen molar-refractivity contribution in [3.8, 4) is 0 Å². The molecule has 2 saturated heterocycles. The van der Waals surface area contributed by atoms with Crippen LogP contribution in [0, 0.1) is 11.8 Å². The van der Waals surface area contributed by atoms with Crippen LogP contribution in [0.25, 0.3) is 6.08 Å². The van der Waals surface area contributed by atoms with E-state index in [0.717, 1.165) is 38.1 Å². The van der Waals surface area contributed by atoms with Crippen LogP contribution in [0.2, 0.25) is 5.02 Å². The summed E-state index contributed by atoms with van der Waals surface area (Å²) < 4.78 is 38.5. The zero-order valence-corrected chi connectivity index (χ0v) is 14.4. The molecule has 0 radical (unpaired) electrons. The number of fused-ring (bicyclic) bond motifs is 1. The Morgan fingerprint density at radius 3 is 2.40 bits per heavy atom. The summed E-state index contributed by atoms with van der Waals surface area (Å²) in [7, 11) is 0. The molecule has 0 bridgehead atoms. The third-order valence-corrected chi connectivity index (χ3v) is 5.22. The lowest BCUT2D eigenvalue weighted by Gasteiger charge is -2.19. The van der Waals surface area contributed by atoms with Crippen LogP contribution in [0.4, 0.5) is 13.2 Å². The Morgan fingerprint density at radius 2 is 1.80 bits per heavy atom. The van der Waals surface area contributed by atoms with Crippen molar-refractivity contribution in [3.05, 3.63) is 40.4 Å². The molecule has 1 amide bonds. The molecule has 1 aromatic carbocycles. The smallest absolute Gasteiger partial charge is 0.339 e. The van der Waals surface area contributed by atoms with Gasteiger partial charge in [-0.05, 0) is 67.6 Å². The van der Waals surface area contributed by atoms with Crippen LogP contribution >= 0.6 is 11.6 Å². The number of alkyl halides is 3. The monoisotopic (exact) mass is 372 g/mol. The average Bonchev–Trinajstić information content (AvgIpc) is 2.90. The molecular formula is C18H20ClF3N2O. The highest BCUT2D eigenvalue weighted by atomic mass is 35.5. The van der Waals surface area contributed by atoms with Crippen molar-refractivity contribution in [2.75, 3.05) is 26.2 Å². The predicted molar refractivity (Wildman–Crippen MR) is 91.2 cm³/mol. The minimum atomic E-state index is -4.46. The fraction of sp³-hybridized carbons (Fsp3) is 0.500. The molecule has 0 saturated carbocycles. The summed E-state index contributed by atoms with van der Waals surface area (Å²) in [6, 6.07) is 3.29. The molecule has 2 atom stereocenters. The van der Waals surface area contributed by atoms with Crippen molar-refractivity contribution in [2.45, 2.75) is 19.0 Å². The van der Waals surface area contributed by atoms with Crippen molar-refractivity contribution in [1.82, 2.24) is 10.2 Å². The van der Waals surface area contributed by atoms with Gasteiger partial charge in [0.1, 0.15) is 0 Å². The van der Waals surface area contributed by atoms with Gasteiger partial charge in [-0.3, -0.25) is 4.79 Å². The van der Waals surface area contributed by atoms with Crippen molar-refractivity contribution < 1.29 is 18.0 Å². The molecule has 0 unspecified atom stereocenters. The van der Waals surface area contributed by atoms with Crippen LogP contribution in [0.5, 0.6) is 0 Å². The van der Waals surface area contributed by atoms with Crippen molar-refractivity contribution in [3.63, 3.8) is 0 Å². The van der Waals surface area contributed by atoms with Gasteiger partial charge in [-0.25, -0.2) is 0 Å². The van der Waals surface area contributed by atoms with Crippen molar-refractivity contribution in [1.29, 1.82) is 0 Å². The van der Waals surface area contributed by atoms with Crippen molar-refractivity contribution >= 4 is 23.6 Å². The Labute approximate surface area is 149 Å². The summed E-state index contributed by atoms with van der Waals surface area (Å²) in [6.07, 6.45) is 0.204. The van der Waals surface area contributed by atoms with Gasteiger partial charge in [0.2, 0.25) is 5.91 Å². The van der Waals surface area contributed by atoms with Gasteiger partial charge in [0, 0.05) is 24.2 Å². The normalized spacial score (nSPS) is 24.4. The van der Waals surface area contributed by atoms with E-state index in [4.69, 9.17) is 11.6 Å². The molecule has 2 fully saturated rings. The van der Waals surface area contributed by atoms with Gasteiger partial charge in [-0.1, -0.05) is 11.6 Å². The maximum absolute atomic E-state index is 12.8. The predicted octanol–water partition coefficient (Wildman–Crippen LogP) is 3.83. The van der Waals surface area contributed by atoms with Crippen LogP contribution in [0.15, 0.2) is 24.3 Å². The Balaban J connectivity index is 1.67. The van der Waals surface area contributed by atoms with Crippen LogP contribution in [0.1, 0.15) is 24.0 Å². The maximum Gasteiger partial charge on any atom is 0.416 e. The molecule has 136 valence electrons. The number of hydrogen-bond donors (Lipinski definition) is 1. The largest absolute Gasteiger partial charge is 0.416 e. The fourth-order valence-corrected chi connectivity index (χ4v) is 3.83. The Morgan fingerprint density at radius 1 is 1.16 bits per heavy atom. The number of nitrogens with zero attached hydrogens (tertiary/aromatic N) is 1. The zero-order chi connectivity index (χ0) is 18.0. The van der Waals surface area contributed by atoms with Gasteiger partial charge < -0.3 is 10.2 Å². The van der Waals surface area contributed by atoms with Crippen LogP contribution < -0.4 is 5.32 Å². The first-order valence-corrected chi connectivity index (χ1v) is 8.76. The third kappa shape index (κ3) is 4.55. The number of rotatable bonds is 2. The number of carbonyl (C=O) groups excluding carboxylic acids is 1. The van der Waals surface area contributed by atoms with E-state index in [9.17, 15) is 18.0 Å². The van der Waals surface area contributed by atoms with E-state index in [1.54, 1.807) is 4.90 Å². The highest BCUT2D eigenvalue weighted by Gasteiger charge is 2.32. The SMILES string of the molecule is O=C(/C=C/c1cc(Cl)cc(C(F)(F)F)c1)N1CC[C@@H]2CNC[C@@H]2CC1. The molecular weight excluding hydrogens is 353 g/mol. The molecule has 3 rings (SSSR count). The van der Waals surface area contributed by atoms with Gasteiger partial charge in [0.25, 0.3) is 0 Å². The molecule has 7 heteroatoms. The number of amides is 1. The van der Waals surface area contributed by atoms with E-state index in [0.29, 0.717) is 24.9 Å². The summed E-state index contributed by atoms with van der Waals surface area (Å²) in [5, 5.41) is 3.38. The third-order valence-electron chi connectivity index (χ3n) is 5.00. The topological polar surface area (TPSA) is 32.3 Å².